The van der Waals surface area contributed by atoms with Crippen LogP contribution in [-0.2, 0) is 9.59 Å². The third kappa shape index (κ3) is 5.37. The van der Waals surface area contributed by atoms with Crippen molar-refractivity contribution in [3.63, 3.8) is 0 Å². The summed E-state index contributed by atoms with van der Waals surface area (Å²) in [6.45, 7) is 3.83. The fraction of sp³-hybridized carbons (Fsp3) is 0.273. The first kappa shape index (κ1) is 27.8. The first-order valence-corrected chi connectivity index (χ1v) is 13.4. The van der Waals surface area contributed by atoms with Crippen LogP contribution in [0.1, 0.15) is 48.3 Å². The van der Waals surface area contributed by atoms with Crippen molar-refractivity contribution in [1.29, 1.82) is 0 Å². The Balaban J connectivity index is 1.57. The van der Waals surface area contributed by atoms with E-state index >= 15 is 0 Å². The second-order valence-corrected chi connectivity index (χ2v) is 10.4. The van der Waals surface area contributed by atoms with Crippen LogP contribution in [0.4, 0.5) is 5.69 Å². The summed E-state index contributed by atoms with van der Waals surface area (Å²) in [4.78, 5) is 27.8. The molecule has 0 spiro atoms. The first-order valence-electron chi connectivity index (χ1n) is 13.4. The summed E-state index contributed by atoms with van der Waals surface area (Å²) in [7, 11) is 4.65. The van der Waals surface area contributed by atoms with Gasteiger partial charge in [0.05, 0.1) is 21.3 Å². The van der Waals surface area contributed by atoms with E-state index < -0.39 is 5.92 Å². The number of methoxy groups -OCH3 is 3. The number of hydrogen-bond donors (Lipinski definition) is 3. The van der Waals surface area contributed by atoms with Gasteiger partial charge in [0, 0.05) is 40.6 Å². The Labute approximate surface area is 239 Å². The monoisotopic (exact) mass is 554 g/mol. The van der Waals surface area contributed by atoms with Crippen LogP contribution in [0.5, 0.6) is 23.0 Å². The van der Waals surface area contributed by atoms with Crippen molar-refractivity contribution in [2.24, 2.45) is 0 Å². The molecule has 0 bridgehead atoms. The van der Waals surface area contributed by atoms with E-state index in [1.54, 1.807) is 26.4 Å². The van der Waals surface area contributed by atoms with Crippen LogP contribution in [0, 0.1) is 6.92 Å². The van der Waals surface area contributed by atoms with E-state index in [1.807, 2.05) is 56.3 Å². The maximum Gasteiger partial charge on any atom is 0.254 e. The number of nitrogens with one attached hydrogen (secondary N) is 2. The number of anilines is 1. The SMILES string of the molecule is COc1cc([C@@H]2C(C(=O)Nc3ccc(C)cc3)=C(C)NC3=C2C(=O)C[C@H](c2ccc(OC)c(OC)c2)C3)ccc1O. The van der Waals surface area contributed by atoms with Gasteiger partial charge in [-0.25, -0.2) is 0 Å². The van der Waals surface area contributed by atoms with Crippen LogP contribution in [0.3, 0.4) is 0 Å². The van der Waals surface area contributed by atoms with Gasteiger partial charge < -0.3 is 30.0 Å². The van der Waals surface area contributed by atoms with Gasteiger partial charge >= 0.3 is 0 Å². The maximum absolute atomic E-state index is 14.0. The highest BCUT2D eigenvalue weighted by Gasteiger charge is 2.41. The minimum Gasteiger partial charge on any atom is -0.504 e. The number of carbonyl (C=O) groups excluding carboxylic acids is 2. The predicted molar refractivity (Wildman–Crippen MR) is 157 cm³/mol. The molecule has 0 aromatic heterocycles. The molecule has 0 saturated heterocycles. The van der Waals surface area contributed by atoms with Crippen molar-refractivity contribution in [2.45, 2.75) is 38.5 Å². The average Bonchev–Trinajstić information content (AvgIpc) is 2.97. The predicted octanol–water partition coefficient (Wildman–Crippen LogP) is 5.73. The average molecular weight is 555 g/mol. The molecule has 3 aromatic rings. The number of hydrogen-bond acceptors (Lipinski definition) is 7. The molecule has 2 atom stereocenters. The number of dihydropyridines is 1. The number of amides is 1. The smallest absolute Gasteiger partial charge is 0.254 e. The van der Waals surface area contributed by atoms with E-state index in [0.717, 1.165) is 16.8 Å². The molecule has 2 aliphatic rings. The van der Waals surface area contributed by atoms with Gasteiger partial charge in [-0.15, -0.1) is 0 Å². The quantitative estimate of drug-likeness (QED) is 0.343. The number of carbonyl (C=O) groups is 2. The summed E-state index contributed by atoms with van der Waals surface area (Å²) in [5.74, 6) is 0.387. The molecule has 1 aliphatic heterocycles. The highest BCUT2D eigenvalue weighted by molar-refractivity contribution is 6.10. The van der Waals surface area contributed by atoms with Gasteiger partial charge in [0.2, 0.25) is 0 Å². The summed E-state index contributed by atoms with van der Waals surface area (Å²) in [5, 5.41) is 16.7. The molecular weight excluding hydrogens is 520 g/mol. The molecule has 0 saturated carbocycles. The number of allylic oxidation sites excluding steroid dienone is 3. The molecule has 8 heteroatoms. The summed E-state index contributed by atoms with van der Waals surface area (Å²) in [5.41, 5.74) is 5.82. The molecule has 0 fully saturated rings. The molecule has 41 heavy (non-hydrogen) atoms. The van der Waals surface area contributed by atoms with Crippen LogP contribution in [0.15, 0.2) is 83.2 Å². The van der Waals surface area contributed by atoms with E-state index in [2.05, 4.69) is 10.6 Å². The third-order valence-corrected chi connectivity index (χ3v) is 7.80. The highest BCUT2D eigenvalue weighted by atomic mass is 16.5. The summed E-state index contributed by atoms with van der Waals surface area (Å²) >= 11 is 0. The molecule has 0 radical (unpaired) electrons. The number of aryl methyl sites for hydroxylation is 1. The van der Waals surface area contributed by atoms with E-state index in [9.17, 15) is 14.7 Å². The topological polar surface area (TPSA) is 106 Å². The third-order valence-electron chi connectivity index (χ3n) is 7.80. The van der Waals surface area contributed by atoms with Gasteiger partial charge in [0.25, 0.3) is 5.91 Å². The van der Waals surface area contributed by atoms with Gasteiger partial charge in [-0.3, -0.25) is 9.59 Å². The fourth-order valence-electron chi connectivity index (χ4n) is 5.72. The van der Waals surface area contributed by atoms with Crippen molar-refractivity contribution < 1.29 is 28.9 Å². The normalized spacial score (nSPS) is 18.4. The molecule has 1 heterocycles. The van der Waals surface area contributed by atoms with Crippen LogP contribution in [-0.4, -0.2) is 38.1 Å². The molecular formula is C33H34N2O6. The Morgan fingerprint density at radius 3 is 2.20 bits per heavy atom. The Kier molecular flexibility index (Phi) is 7.75. The van der Waals surface area contributed by atoms with Gasteiger partial charge in [0.15, 0.2) is 28.8 Å². The standard InChI is InChI=1S/C33H34N2O6/c1-18-6-10-23(11-7-18)35-33(38)30-19(2)34-24-14-22(20-9-13-27(39-3)29(16-20)41-5)15-26(37)32(24)31(30)21-8-12-25(36)28(17-21)40-4/h6-13,16-17,22,31,34,36H,14-15H2,1-5H3,(H,35,38)/t22-,31-/m1/s1. The van der Waals surface area contributed by atoms with Gasteiger partial charge in [0.1, 0.15) is 0 Å². The Morgan fingerprint density at radius 2 is 1.51 bits per heavy atom. The maximum atomic E-state index is 14.0. The fourth-order valence-corrected chi connectivity index (χ4v) is 5.72. The minimum atomic E-state index is -0.648. The second kappa shape index (κ2) is 11.4. The first-order chi connectivity index (χ1) is 19.7. The zero-order chi connectivity index (χ0) is 29.3. The zero-order valence-corrected chi connectivity index (χ0v) is 23.8. The second-order valence-electron chi connectivity index (χ2n) is 10.4. The number of Topliss-reactive ketones (excluding diaryl/α,β-unsaturated/α-hetero) is 1. The zero-order valence-electron chi connectivity index (χ0n) is 23.8. The van der Waals surface area contributed by atoms with Crippen molar-refractivity contribution in [2.75, 3.05) is 26.6 Å². The van der Waals surface area contributed by atoms with Gasteiger partial charge in [-0.05, 0) is 73.7 Å². The van der Waals surface area contributed by atoms with Crippen LogP contribution in [0.2, 0.25) is 0 Å². The Bertz CT molecular complexity index is 1570. The van der Waals surface area contributed by atoms with E-state index in [0.29, 0.717) is 46.0 Å². The summed E-state index contributed by atoms with van der Waals surface area (Å²) in [6, 6.07) is 18.2. The van der Waals surface area contributed by atoms with E-state index in [-0.39, 0.29) is 35.5 Å². The van der Waals surface area contributed by atoms with Crippen molar-refractivity contribution >= 4 is 17.4 Å². The minimum absolute atomic E-state index is 0.0192. The molecule has 8 nitrogen and oxygen atoms in total. The van der Waals surface area contributed by atoms with Crippen molar-refractivity contribution in [3.05, 3.63) is 99.9 Å². The van der Waals surface area contributed by atoms with Gasteiger partial charge in [-0.2, -0.15) is 0 Å². The molecule has 5 rings (SSSR count). The van der Waals surface area contributed by atoms with E-state index in [1.165, 1.54) is 13.2 Å². The lowest BCUT2D eigenvalue weighted by Crippen LogP contribution is -2.37. The summed E-state index contributed by atoms with van der Waals surface area (Å²) < 4.78 is 16.3. The highest BCUT2D eigenvalue weighted by Crippen LogP contribution is 2.47. The molecule has 212 valence electrons. The van der Waals surface area contributed by atoms with Crippen LogP contribution >= 0.6 is 0 Å². The molecule has 3 N–H and O–H groups in total. The number of ether oxygens (including phenoxy) is 3. The molecule has 3 aromatic carbocycles. The Morgan fingerprint density at radius 1 is 0.854 bits per heavy atom. The number of ketones is 1. The van der Waals surface area contributed by atoms with Crippen LogP contribution < -0.4 is 24.8 Å². The number of phenolic OH excluding ortho intramolecular Hbond substituents is 1. The lowest BCUT2D eigenvalue weighted by molar-refractivity contribution is -0.116. The number of aromatic hydroxyl groups is 1. The van der Waals surface area contributed by atoms with E-state index in [4.69, 9.17) is 14.2 Å². The lowest BCUT2D eigenvalue weighted by atomic mass is 9.71. The van der Waals surface area contributed by atoms with Crippen molar-refractivity contribution in [1.82, 2.24) is 5.32 Å². The largest absolute Gasteiger partial charge is 0.504 e. The van der Waals surface area contributed by atoms with Crippen LogP contribution in [0.25, 0.3) is 0 Å². The summed E-state index contributed by atoms with van der Waals surface area (Å²) in [6.07, 6.45) is 0.847. The Hall–Kier alpha value is -4.72. The number of phenols is 1. The lowest BCUT2D eigenvalue weighted by Gasteiger charge is -2.37. The molecule has 1 amide bonds. The van der Waals surface area contributed by atoms with Gasteiger partial charge in [-0.1, -0.05) is 29.8 Å². The number of rotatable bonds is 7. The molecule has 1 aliphatic carbocycles. The number of benzene rings is 3. The molecule has 0 unspecified atom stereocenters. The van der Waals surface area contributed by atoms with Crippen molar-refractivity contribution in [3.8, 4) is 23.0 Å².